The Morgan fingerprint density at radius 3 is 2.77 bits per heavy atom. The van der Waals surface area contributed by atoms with Gasteiger partial charge in [-0.1, -0.05) is 23.7 Å². The summed E-state index contributed by atoms with van der Waals surface area (Å²) >= 11 is 6.12. The Morgan fingerprint density at radius 1 is 1.23 bits per heavy atom. The Hall–Kier alpha value is -2.53. The lowest BCUT2D eigenvalue weighted by Gasteiger charge is -2.17. The van der Waals surface area contributed by atoms with Crippen molar-refractivity contribution in [2.45, 2.75) is 6.42 Å². The quantitative estimate of drug-likeness (QED) is 0.896. The number of likely N-dealkylation sites (tertiary alicyclic amines) is 1. The molecule has 1 heterocycles. The van der Waals surface area contributed by atoms with Crippen molar-refractivity contribution < 1.29 is 14.3 Å². The number of ether oxygens (including phenoxy) is 1. The second-order valence-corrected chi connectivity index (χ2v) is 6.71. The lowest BCUT2D eigenvalue weighted by atomic mass is 10.0. The van der Waals surface area contributed by atoms with E-state index < -0.39 is 0 Å². The summed E-state index contributed by atoms with van der Waals surface area (Å²) in [6.07, 6.45) is 0.688. The average molecular weight is 373 g/mol. The minimum Gasteiger partial charge on any atom is -0.496 e. The molecule has 1 aliphatic rings. The molecule has 0 aromatic heterocycles. The van der Waals surface area contributed by atoms with Gasteiger partial charge < -0.3 is 15.0 Å². The number of nitrogens with zero attached hydrogens (tertiary/aromatic N) is 1. The van der Waals surface area contributed by atoms with Gasteiger partial charge in [-0.05, 0) is 42.3 Å². The Kier molecular flexibility index (Phi) is 5.47. The van der Waals surface area contributed by atoms with E-state index in [9.17, 15) is 9.59 Å². The van der Waals surface area contributed by atoms with Crippen molar-refractivity contribution in [1.82, 2.24) is 10.2 Å². The predicted octanol–water partition coefficient (Wildman–Crippen LogP) is 3.22. The smallest absolute Gasteiger partial charge is 0.253 e. The van der Waals surface area contributed by atoms with E-state index in [0.717, 1.165) is 11.1 Å². The van der Waals surface area contributed by atoms with Crippen LogP contribution >= 0.6 is 11.6 Å². The summed E-state index contributed by atoms with van der Waals surface area (Å²) in [6, 6.07) is 12.8. The molecule has 1 saturated heterocycles. The molecule has 1 N–H and O–H groups in total. The molecule has 0 aliphatic carbocycles. The first-order chi connectivity index (χ1) is 12.5. The molecule has 2 aromatic rings. The van der Waals surface area contributed by atoms with Crippen molar-refractivity contribution in [3.05, 3.63) is 53.1 Å². The molecule has 2 aromatic carbocycles. The van der Waals surface area contributed by atoms with E-state index >= 15 is 0 Å². The predicted molar refractivity (Wildman–Crippen MR) is 102 cm³/mol. The van der Waals surface area contributed by atoms with Crippen LogP contribution in [-0.4, -0.2) is 44.0 Å². The summed E-state index contributed by atoms with van der Waals surface area (Å²) in [5.41, 5.74) is 2.28. The third kappa shape index (κ3) is 3.68. The Bertz CT molecular complexity index is 838. The van der Waals surface area contributed by atoms with Crippen LogP contribution in [-0.2, 0) is 4.79 Å². The fraction of sp³-hybridized carbons (Fsp3) is 0.300. The minimum atomic E-state index is -0.139. The summed E-state index contributed by atoms with van der Waals surface area (Å²) in [5, 5.41) is 3.25. The van der Waals surface area contributed by atoms with Crippen molar-refractivity contribution in [1.29, 1.82) is 0 Å². The van der Waals surface area contributed by atoms with E-state index in [1.54, 1.807) is 37.3 Å². The largest absolute Gasteiger partial charge is 0.496 e. The number of hydrogen-bond donors (Lipinski definition) is 1. The van der Waals surface area contributed by atoms with Gasteiger partial charge in [-0.25, -0.2) is 0 Å². The lowest BCUT2D eigenvalue weighted by Crippen LogP contribution is -2.33. The number of hydrogen-bond acceptors (Lipinski definition) is 3. The number of amides is 2. The molecular weight excluding hydrogens is 352 g/mol. The molecule has 0 spiro atoms. The molecule has 5 nitrogen and oxygen atoms in total. The molecule has 0 unspecified atom stereocenters. The summed E-state index contributed by atoms with van der Waals surface area (Å²) in [7, 11) is 3.22. The Morgan fingerprint density at radius 2 is 2.04 bits per heavy atom. The Labute approximate surface area is 157 Å². The standard InChI is InChI=1S/C20H21ClN2O3/c1-22-19(24)15-8-9-23(12-15)20(25)14-5-3-4-13(10-14)17-11-16(21)6-7-18(17)26-2/h3-7,10-11,15H,8-9,12H2,1-2H3,(H,22,24)/t15-/m0/s1. The number of halogens is 1. The molecule has 0 bridgehead atoms. The molecule has 1 fully saturated rings. The molecule has 0 radical (unpaired) electrons. The van der Waals surface area contributed by atoms with Gasteiger partial charge >= 0.3 is 0 Å². The molecule has 136 valence electrons. The minimum absolute atomic E-state index is 0.0160. The van der Waals surface area contributed by atoms with Gasteiger partial charge in [-0.3, -0.25) is 9.59 Å². The maximum absolute atomic E-state index is 12.8. The number of rotatable bonds is 4. The zero-order chi connectivity index (χ0) is 18.7. The van der Waals surface area contributed by atoms with Gasteiger partial charge in [-0.15, -0.1) is 0 Å². The van der Waals surface area contributed by atoms with Crippen LogP contribution in [0.3, 0.4) is 0 Å². The van der Waals surface area contributed by atoms with Crippen LogP contribution in [0.2, 0.25) is 5.02 Å². The van der Waals surface area contributed by atoms with Gasteiger partial charge in [0.1, 0.15) is 5.75 Å². The summed E-state index contributed by atoms with van der Waals surface area (Å²) < 4.78 is 5.41. The second kappa shape index (κ2) is 7.79. The number of carbonyl (C=O) groups excluding carboxylic acids is 2. The van der Waals surface area contributed by atoms with Crippen LogP contribution in [0, 0.1) is 5.92 Å². The second-order valence-electron chi connectivity index (χ2n) is 6.28. The number of methoxy groups -OCH3 is 1. The number of benzene rings is 2. The summed E-state index contributed by atoms with van der Waals surface area (Å²) in [4.78, 5) is 26.4. The normalized spacial score (nSPS) is 16.4. The molecular formula is C20H21ClN2O3. The third-order valence-corrected chi connectivity index (χ3v) is 4.91. The van der Waals surface area contributed by atoms with Crippen molar-refractivity contribution in [3.63, 3.8) is 0 Å². The highest BCUT2D eigenvalue weighted by Crippen LogP contribution is 2.33. The van der Waals surface area contributed by atoms with Crippen LogP contribution in [0.15, 0.2) is 42.5 Å². The highest BCUT2D eigenvalue weighted by Gasteiger charge is 2.31. The highest BCUT2D eigenvalue weighted by molar-refractivity contribution is 6.31. The van der Waals surface area contributed by atoms with Gasteiger partial charge in [-0.2, -0.15) is 0 Å². The molecule has 0 saturated carbocycles. The number of carbonyl (C=O) groups is 2. The first-order valence-corrected chi connectivity index (χ1v) is 8.86. The first kappa shape index (κ1) is 18.3. The SMILES string of the molecule is CNC(=O)[C@H]1CCN(C(=O)c2cccc(-c3cc(Cl)ccc3OC)c2)C1. The van der Waals surface area contributed by atoms with Crippen molar-refractivity contribution in [3.8, 4) is 16.9 Å². The van der Waals surface area contributed by atoms with Gasteiger partial charge in [0.2, 0.25) is 5.91 Å². The molecule has 3 rings (SSSR count). The molecule has 6 heteroatoms. The maximum Gasteiger partial charge on any atom is 0.253 e. The Balaban J connectivity index is 1.85. The van der Waals surface area contributed by atoms with E-state index in [1.165, 1.54) is 0 Å². The van der Waals surface area contributed by atoms with E-state index in [1.807, 2.05) is 24.3 Å². The van der Waals surface area contributed by atoms with Crippen LogP contribution in [0.4, 0.5) is 0 Å². The number of nitrogens with one attached hydrogen (secondary N) is 1. The lowest BCUT2D eigenvalue weighted by molar-refractivity contribution is -0.124. The van der Waals surface area contributed by atoms with E-state index in [0.29, 0.717) is 35.8 Å². The van der Waals surface area contributed by atoms with Crippen LogP contribution in [0.5, 0.6) is 5.75 Å². The molecule has 26 heavy (non-hydrogen) atoms. The van der Waals surface area contributed by atoms with Crippen LogP contribution in [0.25, 0.3) is 11.1 Å². The van der Waals surface area contributed by atoms with E-state index in [2.05, 4.69) is 5.32 Å². The van der Waals surface area contributed by atoms with Gasteiger partial charge in [0.15, 0.2) is 0 Å². The van der Waals surface area contributed by atoms with Crippen molar-refractivity contribution >= 4 is 23.4 Å². The van der Waals surface area contributed by atoms with Crippen molar-refractivity contribution in [2.24, 2.45) is 5.92 Å². The van der Waals surface area contributed by atoms with Crippen LogP contribution < -0.4 is 10.1 Å². The van der Waals surface area contributed by atoms with Gasteiger partial charge in [0, 0.05) is 36.3 Å². The highest BCUT2D eigenvalue weighted by atomic mass is 35.5. The van der Waals surface area contributed by atoms with Crippen LogP contribution in [0.1, 0.15) is 16.8 Å². The zero-order valence-corrected chi connectivity index (χ0v) is 15.5. The monoisotopic (exact) mass is 372 g/mol. The molecule has 2 amide bonds. The fourth-order valence-electron chi connectivity index (χ4n) is 3.27. The molecule has 1 aliphatic heterocycles. The van der Waals surface area contributed by atoms with Gasteiger partial charge in [0.25, 0.3) is 5.91 Å². The summed E-state index contributed by atoms with van der Waals surface area (Å²) in [6.45, 7) is 1.03. The van der Waals surface area contributed by atoms with Crippen molar-refractivity contribution in [2.75, 3.05) is 27.2 Å². The average Bonchev–Trinajstić information content (AvgIpc) is 3.17. The first-order valence-electron chi connectivity index (χ1n) is 8.48. The fourth-order valence-corrected chi connectivity index (χ4v) is 3.44. The molecule has 1 atom stereocenters. The summed E-state index contributed by atoms with van der Waals surface area (Å²) in [5.74, 6) is 0.469. The third-order valence-electron chi connectivity index (χ3n) is 4.67. The van der Waals surface area contributed by atoms with E-state index in [-0.39, 0.29) is 17.7 Å². The van der Waals surface area contributed by atoms with Gasteiger partial charge in [0.05, 0.1) is 13.0 Å². The zero-order valence-electron chi connectivity index (χ0n) is 14.8. The maximum atomic E-state index is 12.8. The topological polar surface area (TPSA) is 58.6 Å². The van der Waals surface area contributed by atoms with E-state index in [4.69, 9.17) is 16.3 Å².